The van der Waals surface area contributed by atoms with Gasteiger partial charge in [0.1, 0.15) is 0 Å². The van der Waals surface area contributed by atoms with E-state index in [0.717, 1.165) is 19.3 Å². The molecule has 2 bridgehead atoms. The highest BCUT2D eigenvalue weighted by Crippen LogP contribution is 2.66. The second-order valence-corrected chi connectivity index (χ2v) is 7.25. The van der Waals surface area contributed by atoms with Crippen LogP contribution >= 0.6 is 0 Å². The van der Waals surface area contributed by atoms with E-state index >= 15 is 0 Å². The van der Waals surface area contributed by atoms with Gasteiger partial charge in [-0.2, -0.15) is 8.42 Å². The highest BCUT2D eigenvalue weighted by Gasteiger charge is 2.65. The Bertz CT molecular complexity index is 387. The van der Waals surface area contributed by atoms with Gasteiger partial charge in [-0.05, 0) is 30.6 Å². The van der Waals surface area contributed by atoms with Crippen LogP contribution < -0.4 is 0 Å². The standard InChI is InChI=1S/C11H20O4S/c1-10(2)8-4-5-11(10,7-16(12,13)14)9(6-8)15-3/h8-9H,4-7H2,1-3H3,(H,12,13,14). The third kappa shape index (κ3) is 1.52. The van der Waals surface area contributed by atoms with E-state index in [4.69, 9.17) is 9.29 Å². The molecule has 0 saturated heterocycles. The number of hydrogen-bond acceptors (Lipinski definition) is 3. The Morgan fingerprint density at radius 2 is 2.06 bits per heavy atom. The quantitative estimate of drug-likeness (QED) is 0.772. The van der Waals surface area contributed by atoms with Crippen molar-refractivity contribution in [1.29, 1.82) is 0 Å². The summed E-state index contributed by atoms with van der Waals surface area (Å²) in [7, 11) is -2.31. The predicted octanol–water partition coefficient (Wildman–Crippen LogP) is 1.72. The molecule has 4 nitrogen and oxygen atoms in total. The topological polar surface area (TPSA) is 63.6 Å². The van der Waals surface area contributed by atoms with Crippen LogP contribution in [-0.2, 0) is 14.9 Å². The Labute approximate surface area is 97.1 Å². The highest BCUT2D eigenvalue weighted by molar-refractivity contribution is 7.85. The maximum Gasteiger partial charge on any atom is 0.265 e. The molecule has 0 amide bonds. The lowest BCUT2D eigenvalue weighted by Gasteiger charge is -2.40. The summed E-state index contributed by atoms with van der Waals surface area (Å²) in [6.07, 6.45) is 2.76. The molecule has 5 heteroatoms. The van der Waals surface area contributed by atoms with E-state index in [1.165, 1.54) is 0 Å². The molecule has 16 heavy (non-hydrogen) atoms. The molecule has 3 unspecified atom stereocenters. The van der Waals surface area contributed by atoms with Crippen molar-refractivity contribution in [2.24, 2.45) is 16.7 Å². The molecule has 2 aliphatic rings. The summed E-state index contributed by atoms with van der Waals surface area (Å²) in [5, 5.41) is 0. The summed E-state index contributed by atoms with van der Waals surface area (Å²) in [5.74, 6) is 0.348. The van der Waals surface area contributed by atoms with Crippen molar-refractivity contribution in [3.63, 3.8) is 0 Å². The van der Waals surface area contributed by atoms with Gasteiger partial charge in [0, 0.05) is 12.5 Å². The van der Waals surface area contributed by atoms with Crippen LogP contribution in [0.5, 0.6) is 0 Å². The van der Waals surface area contributed by atoms with Crippen LogP contribution in [0.1, 0.15) is 33.1 Å². The van der Waals surface area contributed by atoms with E-state index in [9.17, 15) is 8.42 Å². The van der Waals surface area contributed by atoms with Crippen LogP contribution in [0.4, 0.5) is 0 Å². The Kier molecular flexibility index (Phi) is 2.64. The molecule has 94 valence electrons. The van der Waals surface area contributed by atoms with E-state index in [0.29, 0.717) is 5.92 Å². The van der Waals surface area contributed by atoms with Gasteiger partial charge in [-0.25, -0.2) is 0 Å². The Morgan fingerprint density at radius 3 is 2.50 bits per heavy atom. The van der Waals surface area contributed by atoms with Gasteiger partial charge < -0.3 is 4.74 Å². The van der Waals surface area contributed by atoms with Crippen molar-refractivity contribution in [3.05, 3.63) is 0 Å². The molecule has 2 fully saturated rings. The first-order chi connectivity index (χ1) is 7.23. The van der Waals surface area contributed by atoms with Gasteiger partial charge in [-0.3, -0.25) is 4.55 Å². The summed E-state index contributed by atoms with van der Waals surface area (Å²) in [6, 6.07) is 0. The molecule has 0 aliphatic heterocycles. The Balaban J connectivity index is 2.40. The van der Waals surface area contributed by atoms with Gasteiger partial charge in [-0.1, -0.05) is 13.8 Å². The molecule has 2 rings (SSSR count). The fourth-order valence-electron chi connectivity index (χ4n) is 3.99. The van der Waals surface area contributed by atoms with E-state index in [2.05, 4.69) is 13.8 Å². The zero-order chi connectivity index (χ0) is 12.2. The SMILES string of the molecule is COC1CC2CCC1(CS(=O)(=O)O)C2(C)C. The minimum Gasteiger partial charge on any atom is -0.381 e. The van der Waals surface area contributed by atoms with Crippen LogP contribution in [0.2, 0.25) is 0 Å². The summed E-state index contributed by atoms with van der Waals surface area (Å²) < 4.78 is 37.0. The normalized spacial score (nSPS) is 41.5. The van der Waals surface area contributed by atoms with Crippen LogP contribution in [-0.4, -0.2) is 31.9 Å². The first-order valence-electron chi connectivity index (χ1n) is 5.71. The zero-order valence-electron chi connectivity index (χ0n) is 10.1. The highest BCUT2D eigenvalue weighted by atomic mass is 32.2. The smallest absolute Gasteiger partial charge is 0.265 e. The summed E-state index contributed by atoms with van der Waals surface area (Å²) >= 11 is 0. The second-order valence-electron chi connectivity index (χ2n) is 5.80. The third-order valence-electron chi connectivity index (χ3n) is 5.08. The summed E-state index contributed by atoms with van der Waals surface area (Å²) in [5.41, 5.74) is -0.469. The van der Waals surface area contributed by atoms with Gasteiger partial charge in [0.2, 0.25) is 0 Å². The molecule has 2 aliphatic carbocycles. The third-order valence-corrected chi connectivity index (χ3v) is 5.96. The molecule has 0 aromatic heterocycles. The molecule has 0 heterocycles. The van der Waals surface area contributed by atoms with Crippen molar-refractivity contribution >= 4 is 10.1 Å². The van der Waals surface area contributed by atoms with E-state index < -0.39 is 15.5 Å². The van der Waals surface area contributed by atoms with Crippen molar-refractivity contribution in [2.75, 3.05) is 12.9 Å². The molecule has 0 aromatic rings. The summed E-state index contributed by atoms with van der Waals surface area (Å²) in [4.78, 5) is 0. The number of hydrogen-bond donors (Lipinski definition) is 1. The molecular formula is C11H20O4S. The molecule has 2 saturated carbocycles. The lowest BCUT2D eigenvalue weighted by Crippen LogP contribution is -2.45. The minimum absolute atomic E-state index is 0.0387. The van der Waals surface area contributed by atoms with Crippen molar-refractivity contribution in [2.45, 2.75) is 39.2 Å². The maximum atomic E-state index is 11.2. The minimum atomic E-state index is -3.95. The van der Waals surface area contributed by atoms with Crippen LogP contribution in [0.15, 0.2) is 0 Å². The first-order valence-corrected chi connectivity index (χ1v) is 7.32. The fraction of sp³-hybridized carbons (Fsp3) is 1.00. The van der Waals surface area contributed by atoms with Crippen LogP contribution in [0, 0.1) is 16.7 Å². The van der Waals surface area contributed by atoms with Gasteiger partial charge in [-0.15, -0.1) is 0 Å². The molecule has 1 N–H and O–H groups in total. The monoisotopic (exact) mass is 248 g/mol. The number of methoxy groups -OCH3 is 1. The molecule has 3 atom stereocenters. The molecule has 0 spiro atoms. The van der Waals surface area contributed by atoms with Gasteiger partial charge in [0.25, 0.3) is 10.1 Å². The van der Waals surface area contributed by atoms with Crippen molar-refractivity contribution in [3.8, 4) is 0 Å². The molecule has 0 radical (unpaired) electrons. The van der Waals surface area contributed by atoms with E-state index in [1.54, 1.807) is 7.11 Å². The zero-order valence-corrected chi connectivity index (χ0v) is 10.9. The van der Waals surface area contributed by atoms with Gasteiger partial charge in [0.15, 0.2) is 0 Å². The van der Waals surface area contributed by atoms with Gasteiger partial charge >= 0.3 is 0 Å². The maximum absolute atomic E-state index is 11.2. The second kappa shape index (κ2) is 3.43. The Hall–Kier alpha value is -0.130. The van der Waals surface area contributed by atoms with Crippen molar-refractivity contribution in [1.82, 2.24) is 0 Å². The van der Waals surface area contributed by atoms with E-state index in [1.807, 2.05) is 0 Å². The lowest BCUT2D eigenvalue weighted by molar-refractivity contribution is -0.0185. The van der Waals surface area contributed by atoms with Crippen LogP contribution in [0.3, 0.4) is 0 Å². The molecular weight excluding hydrogens is 228 g/mol. The lowest BCUT2D eigenvalue weighted by atomic mass is 9.69. The molecule has 0 aromatic carbocycles. The predicted molar refractivity (Wildman–Crippen MR) is 60.8 cm³/mol. The fourth-order valence-corrected chi connectivity index (χ4v) is 5.35. The average Bonchev–Trinajstić information content (AvgIpc) is 2.47. The van der Waals surface area contributed by atoms with Crippen LogP contribution in [0.25, 0.3) is 0 Å². The average molecular weight is 248 g/mol. The Morgan fingerprint density at radius 1 is 1.44 bits per heavy atom. The number of fused-ring (bicyclic) bond motifs is 2. The first kappa shape index (κ1) is 12.3. The number of ether oxygens (including phenoxy) is 1. The number of rotatable bonds is 3. The van der Waals surface area contributed by atoms with E-state index in [-0.39, 0.29) is 17.3 Å². The van der Waals surface area contributed by atoms with Crippen molar-refractivity contribution < 1.29 is 17.7 Å². The largest absolute Gasteiger partial charge is 0.381 e. The van der Waals surface area contributed by atoms with Gasteiger partial charge in [0.05, 0.1) is 11.9 Å². The summed E-state index contributed by atoms with van der Waals surface area (Å²) in [6.45, 7) is 4.21.